The number of likely N-dealkylation sites (N-methyl/N-ethyl adjacent to an activating group) is 1. The van der Waals surface area contributed by atoms with Crippen LogP contribution < -0.4 is 14.4 Å². The topological polar surface area (TPSA) is 96.0 Å². The Labute approximate surface area is 235 Å². The van der Waals surface area contributed by atoms with Crippen molar-refractivity contribution in [2.24, 2.45) is 0 Å². The average molecular weight is 572 g/mol. The lowest BCUT2D eigenvalue weighted by atomic mass is 10.1. The molecule has 3 aromatic rings. The standard InChI is InChI=1S/C29H34ClN3O5S/c1-4-31-29(35)22(3)32(20-19-23-11-7-6-8-12-23)28(34)21-33(26-13-9-10-14-27(26)38-5-2)39(36,37)25-17-15-24(30)16-18-25/h6-18,22H,4-5,19-21H2,1-3H3,(H,31,35)/t22-/m0/s1. The van der Waals surface area contributed by atoms with Gasteiger partial charge in [-0.2, -0.15) is 0 Å². The number of para-hydroxylation sites is 2. The van der Waals surface area contributed by atoms with E-state index in [4.69, 9.17) is 16.3 Å². The minimum atomic E-state index is -4.22. The molecule has 0 saturated heterocycles. The summed E-state index contributed by atoms with van der Waals surface area (Å²) in [6.07, 6.45) is 0.496. The maximum Gasteiger partial charge on any atom is 0.264 e. The van der Waals surface area contributed by atoms with Crippen molar-refractivity contribution >= 4 is 39.1 Å². The molecule has 0 spiro atoms. The van der Waals surface area contributed by atoms with E-state index < -0.39 is 28.5 Å². The predicted octanol–water partition coefficient (Wildman–Crippen LogP) is 4.53. The van der Waals surface area contributed by atoms with Crippen molar-refractivity contribution in [3.63, 3.8) is 0 Å². The number of anilines is 1. The van der Waals surface area contributed by atoms with Gasteiger partial charge in [0.1, 0.15) is 18.3 Å². The number of amides is 2. The number of carbonyl (C=O) groups is 2. The molecule has 0 aliphatic rings. The highest BCUT2D eigenvalue weighted by Crippen LogP contribution is 2.33. The molecule has 0 aliphatic carbocycles. The van der Waals surface area contributed by atoms with E-state index in [1.165, 1.54) is 29.2 Å². The largest absolute Gasteiger partial charge is 0.492 e. The summed E-state index contributed by atoms with van der Waals surface area (Å²) in [6.45, 7) is 5.63. The monoisotopic (exact) mass is 571 g/mol. The number of hydrogen-bond acceptors (Lipinski definition) is 5. The molecule has 0 heterocycles. The molecule has 3 rings (SSSR count). The minimum Gasteiger partial charge on any atom is -0.492 e. The van der Waals surface area contributed by atoms with Gasteiger partial charge in [-0.3, -0.25) is 13.9 Å². The summed E-state index contributed by atoms with van der Waals surface area (Å²) >= 11 is 6.00. The first-order valence-electron chi connectivity index (χ1n) is 12.8. The number of ether oxygens (including phenoxy) is 1. The molecule has 208 valence electrons. The first-order valence-corrected chi connectivity index (χ1v) is 14.6. The van der Waals surface area contributed by atoms with Gasteiger partial charge >= 0.3 is 0 Å². The van der Waals surface area contributed by atoms with Crippen LogP contribution in [0.2, 0.25) is 5.02 Å². The lowest BCUT2D eigenvalue weighted by Gasteiger charge is -2.32. The molecule has 1 atom stereocenters. The van der Waals surface area contributed by atoms with Crippen molar-refractivity contribution in [2.75, 3.05) is 30.5 Å². The van der Waals surface area contributed by atoms with Crippen LogP contribution in [0.1, 0.15) is 26.3 Å². The molecule has 0 aromatic heterocycles. The van der Waals surface area contributed by atoms with Crippen molar-refractivity contribution in [3.8, 4) is 5.75 Å². The number of sulfonamides is 1. The van der Waals surface area contributed by atoms with Crippen LogP contribution in [0.3, 0.4) is 0 Å². The highest BCUT2D eigenvalue weighted by Gasteiger charge is 2.33. The molecule has 0 saturated carbocycles. The van der Waals surface area contributed by atoms with Crippen LogP contribution in [0.25, 0.3) is 0 Å². The number of nitrogens with one attached hydrogen (secondary N) is 1. The second-order valence-corrected chi connectivity index (χ2v) is 11.1. The van der Waals surface area contributed by atoms with Crippen LogP contribution in [-0.2, 0) is 26.0 Å². The number of carbonyl (C=O) groups excluding carboxylic acids is 2. The van der Waals surface area contributed by atoms with Gasteiger partial charge in [0.2, 0.25) is 11.8 Å². The summed E-state index contributed by atoms with van der Waals surface area (Å²) in [7, 11) is -4.22. The Kier molecular flexibility index (Phi) is 10.8. The van der Waals surface area contributed by atoms with Gasteiger partial charge in [0, 0.05) is 18.1 Å². The highest BCUT2D eigenvalue weighted by atomic mass is 35.5. The van der Waals surface area contributed by atoms with E-state index in [1.807, 2.05) is 30.3 Å². The van der Waals surface area contributed by atoms with Crippen LogP contribution >= 0.6 is 11.6 Å². The van der Waals surface area contributed by atoms with E-state index in [9.17, 15) is 18.0 Å². The minimum absolute atomic E-state index is 0.0291. The number of halogens is 1. The van der Waals surface area contributed by atoms with Crippen molar-refractivity contribution in [2.45, 2.75) is 38.1 Å². The van der Waals surface area contributed by atoms with Gasteiger partial charge in [0.25, 0.3) is 10.0 Å². The summed E-state index contributed by atoms with van der Waals surface area (Å²) in [5, 5.41) is 3.14. The van der Waals surface area contributed by atoms with Crippen molar-refractivity contribution in [1.82, 2.24) is 10.2 Å². The zero-order chi connectivity index (χ0) is 28.4. The van der Waals surface area contributed by atoms with Crippen LogP contribution in [0.15, 0.2) is 83.8 Å². The third-order valence-corrected chi connectivity index (χ3v) is 8.14. The van der Waals surface area contributed by atoms with Gasteiger partial charge in [-0.25, -0.2) is 8.42 Å². The van der Waals surface area contributed by atoms with E-state index in [0.717, 1.165) is 9.87 Å². The normalized spacial score (nSPS) is 11.9. The molecule has 10 heteroatoms. The van der Waals surface area contributed by atoms with Gasteiger partial charge in [-0.1, -0.05) is 54.1 Å². The lowest BCUT2D eigenvalue weighted by Crippen LogP contribution is -2.52. The Morgan fingerprint density at radius 3 is 2.23 bits per heavy atom. The van der Waals surface area contributed by atoms with Crippen molar-refractivity contribution < 1.29 is 22.7 Å². The highest BCUT2D eigenvalue weighted by molar-refractivity contribution is 7.92. The first-order chi connectivity index (χ1) is 18.7. The van der Waals surface area contributed by atoms with Crippen LogP contribution in [0.5, 0.6) is 5.75 Å². The molecule has 3 aromatic carbocycles. The van der Waals surface area contributed by atoms with Gasteiger partial charge in [-0.05, 0) is 69.2 Å². The van der Waals surface area contributed by atoms with Crippen LogP contribution in [0.4, 0.5) is 5.69 Å². The molecular weight excluding hydrogens is 538 g/mol. The molecule has 0 bridgehead atoms. The third-order valence-electron chi connectivity index (χ3n) is 6.12. The predicted molar refractivity (Wildman–Crippen MR) is 154 cm³/mol. The molecular formula is C29H34ClN3O5S. The Morgan fingerprint density at radius 2 is 1.59 bits per heavy atom. The molecule has 2 amide bonds. The molecule has 0 unspecified atom stereocenters. The SMILES string of the molecule is CCNC(=O)[C@H](C)N(CCc1ccccc1)C(=O)CN(c1ccccc1OCC)S(=O)(=O)c1ccc(Cl)cc1. The van der Waals surface area contributed by atoms with E-state index in [2.05, 4.69) is 5.32 Å². The van der Waals surface area contributed by atoms with Gasteiger partial charge < -0.3 is 15.0 Å². The number of benzene rings is 3. The Bertz CT molecular complexity index is 1350. The van der Waals surface area contributed by atoms with E-state index in [1.54, 1.807) is 45.0 Å². The number of nitrogens with zero attached hydrogens (tertiary/aromatic N) is 2. The fraction of sp³-hybridized carbons (Fsp3) is 0.310. The number of hydrogen-bond donors (Lipinski definition) is 1. The lowest BCUT2D eigenvalue weighted by molar-refractivity contribution is -0.138. The van der Waals surface area contributed by atoms with E-state index >= 15 is 0 Å². The zero-order valence-corrected chi connectivity index (χ0v) is 23.9. The second kappa shape index (κ2) is 14.0. The summed E-state index contributed by atoms with van der Waals surface area (Å²) < 4.78 is 34.6. The maximum atomic E-state index is 13.9. The molecule has 0 aliphatic heterocycles. The van der Waals surface area contributed by atoms with Crippen molar-refractivity contribution in [1.29, 1.82) is 0 Å². The van der Waals surface area contributed by atoms with E-state index in [0.29, 0.717) is 30.3 Å². The van der Waals surface area contributed by atoms with Crippen LogP contribution in [-0.4, -0.2) is 57.4 Å². The second-order valence-electron chi connectivity index (χ2n) is 8.76. The third kappa shape index (κ3) is 7.74. The summed E-state index contributed by atoms with van der Waals surface area (Å²) in [5.74, 6) is -0.521. The average Bonchev–Trinajstić information content (AvgIpc) is 2.93. The fourth-order valence-corrected chi connectivity index (χ4v) is 5.63. The van der Waals surface area contributed by atoms with Gasteiger partial charge in [0.15, 0.2) is 0 Å². The Morgan fingerprint density at radius 1 is 0.949 bits per heavy atom. The zero-order valence-electron chi connectivity index (χ0n) is 22.3. The fourth-order valence-electron chi connectivity index (χ4n) is 4.08. The summed E-state index contributed by atoms with van der Waals surface area (Å²) in [4.78, 5) is 28.0. The van der Waals surface area contributed by atoms with E-state index in [-0.39, 0.29) is 23.0 Å². The smallest absolute Gasteiger partial charge is 0.264 e. The molecule has 0 radical (unpaired) electrons. The molecule has 0 fully saturated rings. The van der Waals surface area contributed by atoms with Gasteiger partial charge in [0.05, 0.1) is 17.2 Å². The Balaban J connectivity index is 2.02. The summed E-state index contributed by atoms with van der Waals surface area (Å²) in [6, 6.07) is 21.2. The Hall–Kier alpha value is -3.56. The number of rotatable bonds is 13. The molecule has 39 heavy (non-hydrogen) atoms. The van der Waals surface area contributed by atoms with Crippen LogP contribution in [0, 0.1) is 0 Å². The summed E-state index contributed by atoms with van der Waals surface area (Å²) in [5.41, 5.74) is 1.21. The first kappa shape index (κ1) is 30.0. The van der Waals surface area contributed by atoms with Gasteiger partial charge in [-0.15, -0.1) is 0 Å². The maximum absolute atomic E-state index is 13.9. The quantitative estimate of drug-likeness (QED) is 0.325. The molecule has 1 N–H and O–H groups in total. The van der Waals surface area contributed by atoms with Crippen molar-refractivity contribution in [3.05, 3.63) is 89.4 Å². The molecule has 8 nitrogen and oxygen atoms in total.